The maximum Gasteiger partial charge on any atom is 0.410 e. The van der Waals surface area contributed by atoms with Crippen LogP contribution in [0.3, 0.4) is 0 Å². The molecule has 0 aliphatic carbocycles. The zero-order valence-electron chi connectivity index (χ0n) is 26.0. The van der Waals surface area contributed by atoms with Gasteiger partial charge in [0.2, 0.25) is 0 Å². The summed E-state index contributed by atoms with van der Waals surface area (Å²) in [6.07, 6.45) is 0.555. The van der Waals surface area contributed by atoms with Crippen molar-refractivity contribution in [2.75, 3.05) is 99.0 Å². The summed E-state index contributed by atoms with van der Waals surface area (Å²) in [4.78, 5) is 14.2. The van der Waals surface area contributed by atoms with Gasteiger partial charge in [0.25, 0.3) is 10.1 Å². The third-order valence-electron chi connectivity index (χ3n) is 5.28. The van der Waals surface area contributed by atoms with Gasteiger partial charge in [-0.25, -0.2) is 4.79 Å². The Morgan fingerprint density at radius 3 is 1.50 bits per heavy atom. The van der Waals surface area contributed by atoms with Crippen molar-refractivity contribution in [2.45, 2.75) is 51.5 Å². The lowest BCUT2D eigenvalue weighted by Gasteiger charge is -2.27. The van der Waals surface area contributed by atoms with Gasteiger partial charge in [-0.15, -0.1) is 0 Å². The van der Waals surface area contributed by atoms with Crippen LogP contribution in [0.1, 0.15) is 39.7 Å². The fourth-order valence-corrected chi connectivity index (χ4v) is 4.07. The van der Waals surface area contributed by atoms with E-state index in [0.717, 1.165) is 18.6 Å². The molecule has 1 amide bonds. The first kappa shape index (κ1) is 38.2. The van der Waals surface area contributed by atoms with E-state index < -0.39 is 21.8 Å². The van der Waals surface area contributed by atoms with Crippen molar-refractivity contribution in [2.24, 2.45) is 0 Å². The third kappa shape index (κ3) is 20.1. The van der Waals surface area contributed by atoms with E-state index in [0.29, 0.717) is 72.6 Å². The maximum atomic E-state index is 12.6. The number of nitrogens with zero attached hydrogens (tertiary/aromatic N) is 1. The molecule has 1 rings (SSSR count). The number of carbonyl (C=O) groups is 1. The van der Waals surface area contributed by atoms with Gasteiger partial charge in [-0.05, 0) is 46.2 Å². The summed E-state index contributed by atoms with van der Waals surface area (Å²) < 4.78 is 67.5. The van der Waals surface area contributed by atoms with Gasteiger partial charge in [0.15, 0.2) is 0 Å². The van der Waals surface area contributed by atoms with Crippen molar-refractivity contribution in [3.63, 3.8) is 0 Å². The van der Waals surface area contributed by atoms with Crippen molar-refractivity contribution < 1.29 is 50.6 Å². The van der Waals surface area contributed by atoms with Crippen LogP contribution in [0.4, 0.5) is 4.79 Å². The van der Waals surface area contributed by atoms with E-state index in [9.17, 15) is 13.2 Å². The Morgan fingerprint density at radius 1 is 0.667 bits per heavy atom. The molecular formula is C29H51NO11S. The second-order valence-corrected chi connectivity index (χ2v) is 11.8. The molecule has 0 fully saturated rings. The SMILES string of the molecule is CCCOCCOCCOCCN(CCOCCOCCOCCOS(=O)(=O)c1ccc(C)cc1)C(=O)OC(C)(C)C. The predicted octanol–water partition coefficient (Wildman–Crippen LogP) is 3.45. The number of ether oxygens (including phenoxy) is 7. The van der Waals surface area contributed by atoms with Gasteiger partial charge >= 0.3 is 6.09 Å². The smallest absolute Gasteiger partial charge is 0.410 e. The maximum absolute atomic E-state index is 12.6. The molecule has 0 unspecified atom stereocenters. The van der Waals surface area contributed by atoms with Gasteiger partial charge in [-0.1, -0.05) is 24.6 Å². The molecule has 0 heterocycles. The molecule has 0 radical (unpaired) electrons. The van der Waals surface area contributed by atoms with Gasteiger partial charge in [-0.3, -0.25) is 4.18 Å². The van der Waals surface area contributed by atoms with Gasteiger partial charge in [0, 0.05) is 19.7 Å². The van der Waals surface area contributed by atoms with Crippen molar-refractivity contribution in [3.8, 4) is 0 Å². The van der Waals surface area contributed by atoms with Gasteiger partial charge in [-0.2, -0.15) is 8.42 Å². The van der Waals surface area contributed by atoms with Crippen LogP contribution >= 0.6 is 0 Å². The van der Waals surface area contributed by atoms with E-state index in [1.807, 2.05) is 27.7 Å². The molecule has 244 valence electrons. The zero-order chi connectivity index (χ0) is 31.1. The van der Waals surface area contributed by atoms with E-state index in [2.05, 4.69) is 6.92 Å². The largest absolute Gasteiger partial charge is 0.444 e. The molecule has 13 heteroatoms. The molecule has 0 bridgehead atoms. The molecule has 42 heavy (non-hydrogen) atoms. The Morgan fingerprint density at radius 2 is 1.07 bits per heavy atom. The summed E-state index contributed by atoms with van der Waals surface area (Å²) in [5.74, 6) is 0. The van der Waals surface area contributed by atoms with E-state index in [1.54, 1.807) is 17.0 Å². The van der Waals surface area contributed by atoms with Crippen LogP contribution in [-0.4, -0.2) is 124 Å². The van der Waals surface area contributed by atoms with Crippen LogP contribution in [0, 0.1) is 6.92 Å². The second kappa shape index (κ2) is 22.7. The number of aryl methyl sites for hydroxylation is 1. The van der Waals surface area contributed by atoms with Crippen molar-refractivity contribution in [3.05, 3.63) is 29.8 Å². The van der Waals surface area contributed by atoms with Gasteiger partial charge in [0.1, 0.15) is 5.60 Å². The van der Waals surface area contributed by atoms with Crippen LogP contribution < -0.4 is 0 Å². The molecule has 0 atom stereocenters. The Balaban J connectivity index is 2.12. The highest BCUT2D eigenvalue weighted by Crippen LogP contribution is 2.13. The molecule has 1 aromatic rings. The number of benzene rings is 1. The fourth-order valence-electron chi connectivity index (χ4n) is 3.17. The first-order valence-electron chi connectivity index (χ1n) is 14.5. The van der Waals surface area contributed by atoms with E-state index in [4.69, 9.17) is 37.3 Å². The number of amides is 1. The van der Waals surface area contributed by atoms with Crippen LogP contribution in [0.25, 0.3) is 0 Å². The Kier molecular flexibility index (Phi) is 20.6. The molecule has 0 spiro atoms. The number of hydrogen-bond donors (Lipinski definition) is 0. The molecule has 0 saturated carbocycles. The molecule has 0 saturated heterocycles. The van der Waals surface area contributed by atoms with Crippen LogP contribution in [0.2, 0.25) is 0 Å². The Bertz CT molecular complexity index is 921. The monoisotopic (exact) mass is 621 g/mol. The highest BCUT2D eigenvalue weighted by Gasteiger charge is 2.22. The van der Waals surface area contributed by atoms with Crippen LogP contribution in [0.15, 0.2) is 29.2 Å². The summed E-state index contributed by atoms with van der Waals surface area (Å²) in [6, 6.07) is 6.45. The first-order valence-corrected chi connectivity index (χ1v) is 15.9. The minimum atomic E-state index is -3.80. The van der Waals surface area contributed by atoms with Crippen molar-refractivity contribution >= 4 is 16.2 Å². The standard InChI is InChI=1S/C29H51NO11S/c1-6-13-34-16-19-37-20-17-35-14-11-30(28(31)41-29(3,4)5)12-15-36-18-21-38-22-23-39-24-25-40-42(32,33)27-9-7-26(2)8-10-27/h7-10H,6,11-25H2,1-5H3. The lowest BCUT2D eigenvalue weighted by molar-refractivity contribution is -0.00943. The topological polar surface area (TPSA) is 128 Å². The average Bonchev–Trinajstić information content (AvgIpc) is 2.92. The Hall–Kier alpha value is -1.84. The van der Waals surface area contributed by atoms with Crippen molar-refractivity contribution in [1.29, 1.82) is 0 Å². The molecule has 0 aliphatic rings. The fraction of sp³-hybridized carbons (Fsp3) is 0.759. The minimum absolute atomic E-state index is 0.0825. The summed E-state index contributed by atoms with van der Waals surface area (Å²) >= 11 is 0. The van der Waals surface area contributed by atoms with Gasteiger partial charge in [0.05, 0.1) is 84.2 Å². The summed E-state index contributed by atoms with van der Waals surface area (Å²) in [6.45, 7) is 14.8. The predicted molar refractivity (Wildman–Crippen MR) is 157 cm³/mol. The number of rotatable bonds is 25. The van der Waals surface area contributed by atoms with Crippen molar-refractivity contribution in [1.82, 2.24) is 4.90 Å². The molecule has 1 aromatic carbocycles. The molecule has 0 aromatic heterocycles. The lowest BCUT2D eigenvalue weighted by atomic mass is 10.2. The number of carbonyl (C=O) groups excluding carboxylic acids is 1. The molecular weight excluding hydrogens is 570 g/mol. The van der Waals surface area contributed by atoms with E-state index >= 15 is 0 Å². The highest BCUT2D eigenvalue weighted by molar-refractivity contribution is 7.86. The van der Waals surface area contributed by atoms with Crippen LogP contribution in [-0.2, 0) is 47.5 Å². The minimum Gasteiger partial charge on any atom is -0.444 e. The normalized spacial score (nSPS) is 12.0. The lowest BCUT2D eigenvalue weighted by Crippen LogP contribution is -2.40. The van der Waals surface area contributed by atoms with E-state index in [1.165, 1.54) is 12.1 Å². The summed E-state index contributed by atoms with van der Waals surface area (Å²) in [5, 5.41) is 0. The Labute approximate surface area is 251 Å². The highest BCUT2D eigenvalue weighted by atomic mass is 32.2. The van der Waals surface area contributed by atoms with Crippen LogP contribution in [0.5, 0.6) is 0 Å². The number of hydrogen-bond acceptors (Lipinski definition) is 11. The average molecular weight is 622 g/mol. The van der Waals surface area contributed by atoms with E-state index in [-0.39, 0.29) is 24.7 Å². The summed E-state index contributed by atoms with van der Waals surface area (Å²) in [5.41, 5.74) is 0.357. The zero-order valence-corrected chi connectivity index (χ0v) is 26.8. The quantitative estimate of drug-likeness (QED) is 0.118. The third-order valence-corrected chi connectivity index (χ3v) is 6.60. The van der Waals surface area contributed by atoms with Gasteiger partial charge < -0.3 is 38.1 Å². The second-order valence-electron chi connectivity index (χ2n) is 10.2. The molecule has 0 aliphatic heterocycles. The molecule has 0 N–H and O–H groups in total. The summed E-state index contributed by atoms with van der Waals surface area (Å²) in [7, 11) is -3.80. The first-order chi connectivity index (χ1) is 20.0. The molecule has 12 nitrogen and oxygen atoms in total.